The fourth-order valence-electron chi connectivity index (χ4n) is 2.83. The maximum atomic E-state index is 13.2. The minimum Gasteiger partial charge on any atom is -0.327 e. The van der Waals surface area contributed by atoms with Crippen molar-refractivity contribution in [3.63, 3.8) is 0 Å². The second-order valence-corrected chi connectivity index (χ2v) is 6.10. The minimum atomic E-state index is -0.559. The Kier molecular flexibility index (Phi) is 4.81. The Balaban J connectivity index is 1.73. The maximum Gasteiger partial charge on any atom is 0.254 e. The van der Waals surface area contributed by atoms with Crippen LogP contribution in [0, 0.1) is 5.82 Å². The zero-order chi connectivity index (χ0) is 17.1. The molecule has 2 aromatic carbocycles. The molecule has 2 aromatic rings. The first kappa shape index (κ1) is 16.5. The van der Waals surface area contributed by atoms with Gasteiger partial charge in [0.15, 0.2) is 0 Å². The van der Waals surface area contributed by atoms with Gasteiger partial charge in [-0.25, -0.2) is 4.39 Å². The normalized spacial score (nSPS) is 16.9. The smallest absolute Gasteiger partial charge is 0.254 e. The highest BCUT2D eigenvalue weighted by Gasteiger charge is 2.34. The third-order valence-electron chi connectivity index (χ3n) is 4.00. The van der Waals surface area contributed by atoms with E-state index in [9.17, 15) is 14.0 Å². The third kappa shape index (κ3) is 3.57. The number of carbonyl (C=O) groups excluding carboxylic acids is 2. The Hall–Kier alpha value is -2.40. The quantitative estimate of drug-likeness (QED) is 0.920. The number of hydrogen-bond acceptors (Lipinski definition) is 2. The number of likely N-dealkylation sites (tertiary alicyclic amines) is 1. The van der Waals surface area contributed by atoms with E-state index < -0.39 is 11.9 Å². The first-order chi connectivity index (χ1) is 11.5. The van der Waals surface area contributed by atoms with E-state index in [-0.39, 0.29) is 11.8 Å². The van der Waals surface area contributed by atoms with Gasteiger partial charge in [0.05, 0.1) is 0 Å². The van der Waals surface area contributed by atoms with Crippen LogP contribution in [0.1, 0.15) is 23.2 Å². The maximum absolute atomic E-state index is 13.2. The van der Waals surface area contributed by atoms with Crippen molar-refractivity contribution in [1.29, 1.82) is 0 Å². The van der Waals surface area contributed by atoms with Gasteiger partial charge in [0.2, 0.25) is 5.91 Å². The highest BCUT2D eigenvalue weighted by atomic mass is 35.5. The SMILES string of the molecule is O=C(Nc1cccc(F)c1)[C@@H]1CCCN1C(=O)c1ccc(Cl)cc1. The lowest BCUT2D eigenvalue weighted by molar-refractivity contribution is -0.119. The summed E-state index contributed by atoms with van der Waals surface area (Å²) in [5.74, 6) is -0.933. The number of anilines is 1. The van der Waals surface area contributed by atoms with Crippen LogP contribution in [0.3, 0.4) is 0 Å². The van der Waals surface area contributed by atoms with Crippen molar-refractivity contribution in [2.75, 3.05) is 11.9 Å². The molecule has 1 aliphatic heterocycles. The van der Waals surface area contributed by atoms with Gasteiger partial charge in [-0.2, -0.15) is 0 Å². The molecule has 1 saturated heterocycles. The summed E-state index contributed by atoms with van der Waals surface area (Å²) in [6.45, 7) is 0.517. The summed E-state index contributed by atoms with van der Waals surface area (Å²) >= 11 is 5.84. The monoisotopic (exact) mass is 346 g/mol. The van der Waals surface area contributed by atoms with Gasteiger partial charge in [-0.15, -0.1) is 0 Å². The molecule has 1 atom stereocenters. The van der Waals surface area contributed by atoms with Gasteiger partial charge in [-0.05, 0) is 55.3 Å². The van der Waals surface area contributed by atoms with Gasteiger partial charge in [0.25, 0.3) is 5.91 Å². The predicted molar refractivity (Wildman–Crippen MR) is 90.5 cm³/mol. The van der Waals surface area contributed by atoms with Crippen LogP contribution in [0.25, 0.3) is 0 Å². The number of halogens is 2. The Morgan fingerprint density at radius 3 is 2.62 bits per heavy atom. The van der Waals surface area contributed by atoms with Crippen molar-refractivity contribution < 1.29 is 14.0 Å². The molecule has 124 valence electrons. The van der Waals surface area contributed by atoms with Crippen molar-refractivity contribution in [2.45, 2.75) is 18.9 Å². The third-order valence-corrected chi connectivity index (χ3v) is 4.25. The molecule has 0 saturated carbocycles. The largest absolute Gasteiger partial charge is 0.327 e. The average Bonchev–Trinajstić information content (AvgIpc) is 3.04. The van der Waals surface area contributed by atoms with Crippen LogP contribution in [0.4, 0.5) is 10.1 Å². The van der Waals surface area contributed by atoms with E-state index >= 15 is 0 Å². The summed E-state index contributed by atoms with van der Waals surface area (Å²) in [6, 6.07) is 11.7. The zero-order valence-corrected chi connectivity index (χ0v) is 13.6. The van der Waals surface area contributed by atoms with E-state index in [0.717, 1.165) is 6.42 Å². The summed E-state index contributed by atoms with van der Waals surface area (Å²) in [5.41, 5.74) is 0.871. The lowest BCUT2D eigenvalue weighted by Gasteiger charge is -2.24. The zero-order valence-electron chi connectivity index (χ0n) is 12.8. The lowest BCUT2D eigenvalue weighted by atomic mass is 10.1. The minimum absolute atomic E-state index is 0.205. The predicted octanol–water partition coefficient (Wildman–Crippen LogP) is 3.72. The molecule has 1 heterocycles. The number of amides is 2. The fraction of sp³-hybridized carbons (Fsp3) is 0.222. The van der Waals surface area contributed by atoms with Crippen LogP contribution in [-0.2, 0) is 4.79 Å². The molecule has 2 amide bonds. The Morgan fingerprint density at radius 2 is 1.92 bits per heavy atom. The molecular weight excluding hydrogens is 331 g/mol. The number of hydrogen-bond donors (Lipinski definition) is 1. The van der Waals surface area contributed by atoms with E-state index in [0.29, 0.717) is 29.2 Å². The van der Waals surface area contributed by atoms with Crippen LogP contribution in [-0.4, -0.2) is 29.3 Å². The lowest BCUT2D eigenvalue weighted by Crippen LogP contribution is -2.43. The molecule has 0 unspecified atom stereocenters. The standard InChI is InChI=1S/C18H16ClFN2O2/c19-13-8-6-12(7-9-13)18(24)22-10-2-5-16(22)17(23)21-15-4-1-3-14(20)11-15/h1,3-4,6-9,11,16H,2,5,10H2,(H,21,23)/t16-/m0/s1. The number of benzene rings is 2. The van der Waals surface area contributed by atoms with Gasteiger partial charge in [-0.3, -0.25) is 9.59 Å². The highest BCUT2D eigenvalue weighted by Crippen LogP contribution is 2.22. The molecule has 3 rings (SSSR count). The fourth-order valence-corrected chi connectivity index (χ4v) is 2.96. The van der Waals surface area contributed by atoms with E-state index in [4.69, 9.17) is 11.6 Å². The van der Waals surface area contributed by atoms with E-state index in [1.54, 1.807) is 35.2 Å². The number of nitrogens with zero attached hydrogens (tertiary/aromatic N) is 1. The van der Waals surface area contributed by atoms with Crippen molar-refractivity contribution in [2.24, 2.45) is 0 Å². The Bertz CT molecular complexity index is 764. The summed E-state index contributed by atoms with van der Waals surface area (Å²) in [5, 5.41) is 3.23. The molecule has 1 N–H and O–H groups in total. The molecule has 4 nitrogen and oxygen atoms in total. The van der Waals surface area contributed by atoms with Crippen LogP contribution in [0.15, 0.2) is 48.5 Å². The second-order valence-electron chi connectivity index (χ2n) is 5.66. The second kappa shape index (κ2) is 7.01. The van der Waals surface area contributed by atoms with Crippen LogP contribution in [0.2, 0.25) is 5.02 Å². The molecule has 0 aromatic heterocycles. The van der Waals surface area contributed by atoms with Gasteiger partial charge >= 0.3 is 0 Å². The van der Waals surface area contributed by atoms with Gasteiger partial charge in [-0.1, -0.05) is 17.7 Å². The first-order valence-electron chi connectivity index (χ1n) is 7.67. The Labute approximate surface area is 144 Å². The Morgan fingerprint density at radius 1 is 1.17 bits per heavy atom. The highest BCUT2D eigenvalue weighted by molar-refractivity contribution is 6.30. The van der Waals surface area contributed by atoms with Crippen LogP contribution < -0.4 is 5.32 Å². The summed E-state index contributed by atoms with van der Waals surface area (Å²) in [4.78, 5) is 26.7. The van der Waals surface area contributed by atoms with Gasteiger partial charge in [0.1, 0.15) is 11.9 Å². The van der Waals surface area contributed by atoms with Crippen molar-refractivity contribution in [1.82, 2.24) is 4.90 Å². The molecule has 24 heavy (non-hydrogen) atoms. The topological polar surface area (TPSA) is 49.4 Å². The summed E-state index contributed by atoms with van der Waals surface area (Å²) in [7, 11) is 0. The molecule has 6 heteroatoms. The summed E-state index contributed by atoms with van der Waals surface area (Å²) in [6.07, 6.45) is 1.33. The van der Waals surface area contributed by atoms with Gasteiger partial charge < -0.3 is 10.2 Å². The van der Waals surface area contributed by atoms with E-state index in [1.165, 1.54) is 18.2 Å². The number of carbonyl (C=O) groups is 2. The van der Waals surface area contributed by atoms with Crippen molar-refractivity contribution in [3.05, 3.63) is 64.9 Å². The van der Waals surface area contributed by atoms with E-state index in [2.05, 4.69) is 5.32 Å². The number of rotatable bonds is 3. The van der Waals surface area contributed by atoms with Crippen molar-refractivity contribution in [3.8, 4) is 0 Å². The molecule has 1 fully saturated rings. The molecule has 0 bridgehead atoms. The molecule has 0 spiro atoms. The van der Waals surface area contributed by atoms with Gasteiger partial charge in [0, 0.05) is 22.8 Å². The number of nitrogens with one attached hydrogen (secondary N) is 1. The molecule has 0 radical (unpaired) electrons. The molecule has 0 aliphatic carbocycles. The first-order valence-corrected chi connectivity index (χ1v) is 8.05. The van der Waals surface area contributed by atoms with Crippen molar-refractivity contribution >= 4 is 29.1 Å². The molecule has 1 aliphatic rings. The van der Waals surface area contributed by atoms with E-state index in [1.807, 2.05) is 0 Å². The average molecular weight is 347 g/mol. The summed E-state index contributed by atoms with van der Waals surface area (Å²) < 4.78 is 13.2. The molecular formula is C18H16ClFN2O2. The van der Waals surface area contributed by atoms with Crippen LogP contribution in [0.5, 0.6) is 0 Å². The van der Waals surface area contributed by atoms with Crippen LogP contribution >= 0.6 is 11.6 Å².